The van der Waals surface area contributed by atoms with E-state index >= 15 is 0 Å². The Labute approximate surface area is 105 Å². The maximum atomic E-state index is 11.9. The van der Waals surface area contributed by atoms with E-state index in [1.165, 1.54) is 18.2 Å². The summed E-state index contributed by atoms with van der Waals surface area (Å²) < 4.78 is 0. The average Bonchev–Trinajstić information content (AvgIpc) is 2.37. The highest BCUT2D eigenvalue weighted by Crippen LogP contribution is 2.24. The van der Waals surface area contributed by atoms with E-state index < -0.39 is 0 Å². The molecule has 0 amide bonds. The molecule has 0 unspecified atom stereocenters. The highest BCUT2D eigenvalue weighted by atomic mass is 16.3. The number of rotatable bonds is 4. The van der Waals surface area contributed by atoms with Gasteiger partial charge in [-0.25, -0.2) is 0 Å². The third kappa shape index (κ3) is 2.88. The van der Waals surface area contributed by atoms with E-state index in [-0.39, 0.29) is 22.8 Å². The molecule has 2 aromatic carbocycles. The monoisotopic (exact) mass is 242 g/mol. The van der Waals surface area contributed by atoms with Crippen molar-refractivity contribution in [3.05, 3.63) is 59.7 Å². The van der Waals surface area contributed by atoms with Crippen LogP contribution in [-0.2, 0) is 6.42 Å². The summed E-state index contributed by atoms with van der Waals surface area (Å²) in [6.45, 7) is 0. The van der Waals surface area contributed by atoms with Crippen LogP contribution in [0.5, 0.6) is 11.5 Å². The minimum Gasteiger partial charge on any atom is -0.508 e. The van der Waals surface area contributed by atoms with Gasteiger partial charge in [0.25, 0.3) is 0 Å². The fourth-order valence-electron chi connectivity index (χ4n) is 1.79. The van der Waals surface area contributed by atoms with Crippen molar-refractivity contribution in [3.8, 4) is 11.5 Å². The van der Waals surface area contributed by atoms with Gasteiger partial charge in [-0.05, 0) is 24.1 Å². The molecule has 0 saturated carbocycles. The van der Waals surface area contributed by atoms with Crippen molar-refractivity contribution in [1.82, 2.24) is 0 Å². The summed E-state index contributed by atoms with van der Waals surface area (Å²) in [6.07, 6.45) is 0.975. The topological polar surface area (TPSA) is 57.5 Å². The molecule has 0 spiro atoms. The van der Waals surface area contributed by atoms with Crippen LogP contribution < -0.4 is 0 Å². The summed E-state index contributed by atoms with van der Waals surface area (Å²) in [4.78, 5) is 11.9. The van der Waals surface area contributed by atoms with Crippen LogP contribution in [0.25, 0.3) is 0 Å². The second-order valence-corrected chi connectivity index (χ2v) is 4.11. The molecule has 0 radical (unpaired) electrons. The average molecular weight is 242 g/mol. The molecule has 0 saturated heterocycles. The quantitative estimate of drug-likeness (QED) is 0.810. The Morgan fingerprint density at radius 2 is 1.72 bits per heavy atom. The zero-order chi connectivity index (χ0) is 13.0. The van der Waals surface area contributed by atoms with Crippen LogP contribution in [0.15, 0.2) is 48.5 Å². The molecule has 0 fully saturated rings. The van der Waals surface area contributed by atoms with E-state index in [0.717, 1.165) is 5.56 Å². The summed E-state index contributed by atoms with van der Waals surface area (Å²) in [6, 6.07) is 13.7. The number of benzene rings is 2. The van der Waals surface area contributed by atoms with Crippen molar-refractivity contribution >= 4 is 5.78 Å². The first kappa shape index (κ1) is 12.2. The molecule has 0 bridgehead atoms. The number of hydrogen-bond acceptors (Lipinski definition) is 3. The zero-order valence-electron chi connectivity index (χ0n) is 9.84. The molecule has 18 heavy (non-hydrogen) atoms. The third-order valence-electron chi connectivity index (χ3n) is 2.77. The highest BCUT2D eigenvalue weighted by Gasteiger charge is 2.11. The molecule has 0 aliphatic rings. The summed E-state index contributed by atoms with van der Waals surface area (Å²) >= 11 is 0. The maximum Gasteiger partial charge on any atom is 0.166 e. The number of ketones is 1. The van der Waals surface area contributed by atoms with Crippen molar-refractivity contribution in [1.29, 1.82) is 0 Å². The predicted octanol–water partition coefficient (Wildman–Crippen LogP) is 2.91. The van der Waals surface area contributed by atoms with Crippen LogP contribution in [0.3, 0.4) is 0 Å². The van der Waals surface area contributed by atoms with Crippen molar-refractivity contribution in [2.45, 2.75) is 12.8 Å². The van der Waals surface area contributed by atoms with Gasteiger partial charge in [-0.3, -0.25) is 4.79 Å². The molecule has 0 aliphatic carbocycles. The highest BCUT2D eigenvalue weighted by molar-refractivity contribution is 5.98. The number of Topliss-reactive ketones (excluding diaryl/α,β-unsaturated/α-hetero) is 1. The third-order valence-corrected chi connectivity index (χ3v) is 2.77. The van der Waals surface area contributed by atoms with E-state index in [1.807, 2.05) is 30.3 Å². The SMILES string of the molecule is O=C(CCc1ccccc1)c1ccc(O)cc1O. The van der Waals surface area contributed by atoms with Gasteiger partial charge >= 0.3 is 0 Å². The number of carbonyl (C=O) groups excluding carboxylic acids is 1. The number of hydrogen-bond donors (Lipinski definition) is 2. The minimum absolute atomic E-state index is 0.0490. The van der Waals surface area contributed by atoms with Gasteiger partial charge in [-0.15, -0.1) is 0 Å². The Kier molecular flexibility index (Phi) is 3.63. The molecule has 0 aromatic heterocycles. The lowest BCUT2D eigenvalue weighted by molar-refractivity contribution is 0.0980. The lowest BCUT2D eigenvalue weighted by Crippen LogP contribution is -2.01. The number of carbonyl (C=O) groups is 1. The van der Waals surface area contributed by atoms with E-state index in [0.29, 0.717) is 12.8 Å². The van der Waals surface area contributed by atoms with Crippen LogP contribution in [0, 0.1) is 0 Å². The zero-order valence-corrected chi connectivity index (χ0v) is 9.84. The number of phenolic OH excluding ortho intramolecular Hbond substituents is 2. The molecule has 0 aliphatic heterocycles. The molecule has 0 heterocycles. The molecule has 0 atom stereocenters. The van der Waals surface area contributed by atoms with E-state index in [2.05, 4.69) is 0 Å². The fourth-order valence-corrected chi connectivity index (χ4v) is 1.79. The van der Waals surface area contributed by atoms with Crippen LogP contribution in [-0.4, -0.2) is 16.0 Å². The first-order valence-corrected chi connectivity index (χ1v) is 5.76. The van der Waals surface area contributed by atoms with E-state index in [1.54, 1.807) is 0 Å². The first-order chi connectivity index (χ1) is 8.66. The van der Waals surface area contributed by atoms with Gasteiger partial charge in [-0.2, -0.15) is 0 Å². The predicted molar refractivity (Wildman–Crippen MR) is 68.9 cm³/mol. The lowest BCUT2D eigenvalue weighted by atomic mass is 10.0. The van der Waals surface area contributed by atoms with Crippen molar-refractivity contribution < 1.29 is 15.0 Å². The van der Waals surface area contributed by atoms with E-state index in [4.69, 9.17) is 5.11 Å². The van der Waals surface area contributed by atoms with Crippen molar-refractivity contribution in [2.75, 3.05) is 0 Å². The molecule has 2 aromatic rings. The largest absolute Gasteiger partial charge is 0.508 e. The molecular weight excluding hydrogens is 228 g/mol. The van der Waals surface area contributed by atoms with Gasteiger partial charge in [0.05, 0.1) is 5.56 Å². The van der Waals surface area contributed by atoms with Gasteiger partial charge < -0.3 is 10.2 Å². The molecule has 3 nitrogen and oxygen atoms in total. The molecule has 2 rings (SSSR count). The summed E-state index contributed by atoms with van der Waals surface area (Å²) in [7, 11) is 0. The van der Waals surface area contributed by atoms with Gasteiger partial charge in [0.1, 0.15) is 11.5 Å². The smallest absolute Gasteiger partial charge is 0.166 e. The molecule has 3 heteroatoms. The Balaban J connectivity index is 2.04. The van der Waals surface area contributed by atoms with Crippen molar-refractivity contribution in [2.24, 2.45) is 0 Å². The van der Waals surface area contributed by atoms with Crippen molar-refractivity contribution in [3.63, 3.8) is 0 Å². The molecule has 2 N–H and O–H groups in total. The Bertz CT molecular complexity index is 547. The molecular formula is C15H14O3. The van der Waals surface area contributed by atoms with Gasteiger partial charge in [0.15, 0.2) is 5.78 Å². The fraction of sp³-hybridized carbons (Fsp3) is 0.133. The van der Waals surface area contributed by atoms with Gasteiger partial charge in [-0.1, -0.05) is 30.3 Å². The first-order valence-electron chi connectivity index (χ1n) is 5.76. The second kappa shape index (κ2) is 5.36. The Morgan fingerprint density at radius 3 is 2.39 bits per heavy atom. The normalized spacial score (nSPS) is 10.2. The van der Waals surface area contributed by atoms with Gasteiger partial charge in [0, 0.05) is 12.5 Å². The van der Waals surface area contributed by atoms with E-state index in [9.17, 15) is 9.90 Å². The lowest BCUT2D eigenvalue weighted by Gasteiger charge is -2.04. The van der Waals surface area contributed by atoms with Crippen LogP contribution in [0.4, 0.5) is 0 Å². The Morgan fingerprint density at radius 1 is 1.00 bits per heavy atom. The number of aryl methyl sites for hydroxylation is 1. The van der Waals surface area contributed by atoms with Crippen LogP contribution in [0.2, 0.25) is 0 Å². The van der Waals surface area contributed by atoms with Crippen LogP contribution in [0.1, 0.15) is 22.3 Å². The maximum absolute atomic E-state index is 11.9. The minimum atomic E-state index is -0.173. The summed E-state index contributed by atoms with van der Waals surface area (Å²) in [5.41, 5.74) is 1.34. The van der Waals surface area contributed by atoms with Gasteiger partial charge in [0.2, 0.25) is 0 Å². The summed E-state index contributed by atoms with van der Waals surface area (Å²) in [5.74, 6) is -0.350. The Hall–Kier alpha value is -2.29. The number of phenols is 2. The summed E-state index contributed by atoms with van der Waals surface area (Å²) in [5, 5.41) is 18.7. The van der Waals surface area contributed by atoms with Crippen LogP contribution >= 0.6 is 0 Å². The second-order valence-electron chi connectivity index (χ2n) is 4.11. The number of aromatic hydroxyl groups is 2. The molecule has 92 valence electrons. The standard InChI is InChI=1S/C15H14O3/c16-12-7-8-13(15(18)10-12)14(17)9-6-11-4-2-1-3-5-11/h1-5,7-8,10,16,18H,6,9H2.